The van der Waals surface area contributed by atoms with Crippen molar-refractivity contribution in [2.75, 3.05) is 73.7 Å². The van der Waals surface area contributed by atoms with Crippen molar-refractivity contribution >= 4 is 23.4 Å². The van der Waals surface area contributed by atoms with Crippen LogP contribution in [0.3, 0.4) is 0 Å². The highest BCUT2D eigenvalue weighted by atomic mass is 19.1. The van der Waals surface area contributed by atoms with Crippen LogP contribution in [0.5, 0.6) is 11.5 Å². The van der Waals surface area contributed by atoms with Gasteiger partial charge in [0.2, 0.25) is 11.8 Å². The predicted octanol–water partition coefficient (Wildman–Crippen LogP) is 13.0. The molecule has 0 spiro atoms. The number of allylic oxidation sites excluding steroid dienone is 2. The summed E-state index contributed by atoms with van der Waals surface area (Å²) in [6.45, 7) is 15.3. The number of carbonyl (C=O) groups is 1. The normalized spacial score (nSPS) is 17.5. The molecule has 1 atom stereocenters. The van der Waals surface area contributed by atoms with Gasteiger partial charge >= 0.3 is 0 Å². The Hall–Kier alpha value is -8.10. The fourth-order valence-corrected chi connectivity index (χ4v) is 13.0. The summed E-state index contributed by atoms with van der Waals surface area (Å²) in [4.78, 5) is 16.7. The number of fused-ring (bicyclic) bond motifs is 2. The van der Waals surface area contributed by atoms with E-state index in [2.05, 4.69) is 121 Å². The molecular weight excluding hydrogens is 1170 g/mol. The predicted molar refractivity (Wildman–Crippen MR) is 365 cm³/mol. The molecule has 5 heterocycles. The molecule has 1 saturated carbocycles. The molecule has 3 aliphatic carbocycles. The quantitative estimate of drug-likeness (QED) is 0.0446. The largest absolute Gasteiger partial charge is 0.496 e. The number of hydrogen-bond acceptors (Lipinski definition) is 14. The smallest absolute Gasteiger partial charge is 0.266 e. The van der Waals surface area contributed by atoms with Crippen LogP contribution < -0.4 is 25.8 Å². The van der Waals surface area contributed by atoms with Crippen LogP contribution in [-0.4, -0.2) is 138 Å². The first-order valence-electron chi connectivity index (χ1n) is 33.4. The van der Waals surface area contributed by atoms with E-state index in [1.165, 1.54) is 42.4 Å². The summed E-state index contributed by atoms with van der Waals surface area (Å²) in [5.74, 6) is 3.55. The zero-order valence-electron chi connectivity index (χ0n) is 55.0. The third-order valence-electron chi connectivity index (χ3n) is 18.5. The van der Waals surface area contributed by atoms with Gasteiger partial charge in [-0.25, -0.2) is 9.07 Å². The number of rotatable bonds is 24. The second kappa shape index (κ2) is 32.2. The summed E-state index contributed by atoms with van der Waals surface area (Å²) in [6, 6.07) is 37.8. The van der Waals surface area contributed by atoms with Gasteiger partial charge in [-0.1, -0.05) is 80.1 Å². The minimum atomic E-state index is -0.554. The summed E-state index contributed by atoms with van der Waals surface area (Å²) in [6.07, 6.45) is 18.6. The van der Waals surface area contributed by atoms with Crippen LogP contribution in [0.1, 0.15) is 128 Å². The number of ether oxygens (including phenoxy) is 4. The van der Waals surface area contributed by atoms with Gasteiger partial charge in [0, 0.05) is 98.7 Å². The average Bonchev–Trinajstić information content (AvgIpc) is 1.66. The van der Waals surface area contributed by atoms with Crippen LogP contribution in [0.4, 0.5) is 4.39 Å². The van der Waals surface area contributed by atoms with E-state index >= 15 is 4.39 Å². The molecule has 17 nitrogen and oxygen atoms in total. The van der Waals surface area contributed by atoms with E-state index in [-0.39, 0.29) is 17.8 Å². The maximum atomic E-state index is 15.3. The molecule has 93 heavy (non-hydrogen) atoms. The molecule has 5 N–H and O–H groups in total. The SMILES string of the molecule is CCCCN(C)Cc1cn[nH]c1-c1ccc(OC2CC(OCCC3CCOCC3)C2)cc1.CNCCN1CCC(c2ccc3c(c2)C(F)=C(c2ccccc2OC)C3)CC1.Cc1cc(-c2nnc(-c3cccc4c3C=CC4)o2)n(-c2cccc(CNC(=O)[C@@H](C)N)c2)n1. The zero-order chi connectivity index (χ0) is 64.6. The Bertz CT molecular complexity index is 3800. The maximum absolute atomic E-state index is 15.3. The number of aromatic amines is 1. The number of hydrogen-bond donors (Lipinski definition) is 4. The lowest BCUT2D eigenvalue weighted by Gasteiger charge is -2.35. The highest BCUT2D eigenvalue weighted by Gasteiger charge is 2.33. The Kier molecular flexibility index (Phi) is 22.9. The second-order valence-electron chi connectivity index (χ2n) is 25.4. The molecule has 2 aliphatic heterocycles. The maximum Gasteiger partial charge on any atom is 0.266 e. The Morgan fingerprint density at radius 1 is 0.892 bits per heavy atom. The van der Waals surface area contributed by atoms with Crippen molar-refractivity contribution in [3.8, 4) is 51.5 Å². The lowest BCUT2D eigenvalue weighted by atomic mass is 9.88. The molecular formula is C75H92FN11O6. The summed E-state index contributed by atoms with van der Waals surface area (Å²) in [5.41, 5.74) is 20.4. The number of aromatic nitrogens is 6. The third kappa shape index (κ3) is 17.0. The number of nitrogens with one attached hydrogen (secondary N) is 3. The lowest BCUT2D eigenvalue weighted by Crippen LogP contribution is -2.39. The first kappa shape index (κ1) is 66.4. The number of aryl methyl sites for hydroxylation is 1. The number of likely N-dealkylation sites (N-methyl/N-ethyl adjacent to an activating group) is 1. The number of likely N-dealkylation sites (tertiary alicyclic amines) is 1. The van der Waals surface area contributed by atoms with Gasteiger partial charge in [-0.15, -0.1) is 10.2 Å². The van der Waals surface area contributed by atoms with Crippen molar-refractivity contribution in [3.63, 3.8) is 0 Å². The Balaban J connectivity index is 0.000000143. The summed E-state index contributed by atoms with van der Waals surface area (Å²) < 4.78 is 46.3. The van der Waals surface area contributed by atoms with Crippen molar-refractivity contribution in [2.45, 2.75) is 129 Å². The van der Waals surface area contributed by atoms with E-state index < -0.39 is 6.04 Å². The molecule has 0 bridgehead atoms. The van der Waals surface area contributed by atoms with Crippen molar-refractivity contribution in [3.05, 3.63) is 178 Å². The number of nitrogens with zero attached hydrogens (tertiary/aromatic N) is 7. The number of amides is 1. The van der Waals surface area contributed by atoms with Crippen LogP contribution >= 0.6 is 0 Å². The number of unbranched alkanes of at least 4 members (excludes halogenated alkanes) is 1. The first-order valence-corrected chi connectivity index (χ1v) is 33.4. The molecule has 18 heteroatoms. The number of halogens is 1. The fraction of sp³-hybridized carbons (Fsp3) is 0.427. The number of para-hydroxylation sites is 1. The molecule has 3 aromatic heterocycles. The molecule has 5 aliphatic rings. The number of H-pyrrole nitrogens is 1. The van der Waals surface area contributed by atoms with Crippen LogP contribution in [0.2, 0.25) is 0 Å². The highest BCUT2D eigenvalue weighted by Crippen LogP contribution is 2.44. The number of methoxy groups -OCH3 is 1. The third-order valence-corrected chi connectivity index (χ3v) is 18.5. The second-order valence-corrected chi connectivity index (χ2v) is 25.4. The summed E-state index contributed by atoms with van der Waals surface area (Å²) in [7, 11) is 5.81. The number of carbonyl (C=O) groups excluding carboxylic acids is 1. The Morgan fingerprint density at radius 3 is 2.46 bits per heavy atom. The lowest BCUT2D eigenvalue weighted by molar-refractivity contribution is -0.122. The van der Waals surface area contributed by atoms with E-state index in [9.17, 15) is 4.79 Å². The number of benzene rings is 5. The molecule has 8 aromatic rings. The Morgan fingerprint density at radius 2 is 1.68 bits per heavy atom. The molecule has 2 saturated heterocycles. The van der Waals surface area contributed by atoms with E-state index in [0.717, 1.165) is 177 Å². The zero-order valence-corrected chi connectivity index (χ0v) is 55.0. The van der Waals surface area contributed by atoms with Gasteiger partial charge in [-0.2, -0.15) is 10.2 Å². The fourth-order valence-electron chi connectivity index (χ4n) is 13.0. The number of piperidine rings is 1. The summed E-state index contributed by atoms with van der Waals surface area (Å²) >= 11 is 0. The van der Waals surface area contributed by atoms with E-state index in [1.54, 1.807) is 18.7 Å². The molecule has 1 amide bonds. The van der Waals surface area contributed by atoms with Gasteiger partial charge in [0.25, 0.3) is 5.89 Å². The molecule has 0 radical (unpaired) electrons. The first-order chi connectivity index (χ1) is 45.4. The van der Waals surface area contributed by atoms with Gasteiger partial charge in [-0.3, -0.25) is 9.89 Å². The molecule has 13 rings (SSSR count). The molecule has 5 aromatic carbocycles. The van der Waals surface area contributed by atoms with Crippen molar-refractivity contribution < 1.29 is 32.5 Å². The van der Waals surface area contributed by atoms with E-state index in [4.69, 9.17) is 29.1 Å². The minimum Gasteiger partial charge on any atom is -0.496 e. The molecule has 3 fully saturated rings. The van der Waals surface area contributed by atoms with Crippen LogP contribution in [0, 0.1) is 12.8 Å². The Labute approximate surface area is 547 Å². The minimum absolute atomic E-state index is 0.0900. The number of nitrogens with two attached hydrogens (primary N) is 1. The van der Waals surface area contributed by atoms with Crippen LogP contribution in [0.15, 0.2) is 132 Å². The van der Waals surface area contributed by atoms with Gasteiger partial charge in [0.15, 0.2) is 0 Å². The molecule has 0 unspecified atom stereocenters. The van der Waals surface area contributed by atoms with Crippen molar-refractivity contribution in [1.82, 2.24) is 50.6 Å². The highest BCUT2D eigenvalue weighted by molar-refractivity contribution is 5.95. The van der Waals surface area contributed by atoms with Gasteiger partial charge in [0.1, 0.15) is 29.1 Å². The summed E-state index contributed by atoms with van der Waals surface area (Å²) in [5, 5.41) is 26.8. The molecule has 490 valence electrons. The average molecular weight is 1260 g/mol. The van der Waals surface area contributed by atoms with Gasteiger partial charge < -0.3 is 49.5 Å². The standard InChI is InChI=1S/C26H39N3O3.C25H24N6O2.C24H29FN2O/c1-3-4-12-29(2)19-22-18-27-28-26(22)21-5-7-23(8-6-21)32-25-16-24(17-25)31-15-11-20-9-13-30-14-10-20;1-15-12-22(25-29-28-24(33-25)21-11-5-8-18-7-4-10-20(18)21)31(30-15)19-9-3-6-17(13-19)14-27-23(32)16(2)26;1-26-11-14-27-12-9-17(10-13-27)18-7-8-19-16-22(24(25)21(19)15-18)20-5-3-4-6-23(20)28-2/h5-8,18,20,24-25H,3-4,9-17,19H2,1-2H3,(H,27,28);3-6,8-13,16H,7,14,26H2,1-2H3,(H,27,32);3-8,15,17,26H,9-14,16H2,1-2H3/t;16-;/m.1./s1. The van der Waals surface area contributed by atoms with Crippen molar-refractivity contribution in [1.29, 1.82) is 0 Å². The van der Waals surface area contributed by atoms with Gasteiger partial charge in [-0.05, 0) is 193 Å². The van der Waals surface area contributed by atoms with Crippen LogP contribution in [0.25, 0.3) is 57.5 Å². The van der Waals surface area contributed by atoms with Gasteiger partial charge in [0.05, 0.1) is 42.5 Å². The monoisotopic (exact) mass is 1260 g/mol. The topological polar surface area (TPSA) is 196 Å². The van der Waals surface area contributed by atoms with E-state index in [1.807, 2.05) is 86.9 Å². The van der Waals surface area contributed by atoms with Crippen LogP contribution in [-0.2, 0) is 40.2 Å². The van der Waals surface area contributed by atoms with Crippen molar-refractivity contribution in [2.24, 2.45) is 11.7 Å². The van der Waals surface area contributed by atoms with E-state index in [0.29, 0.717) is 42.5 Å².